The number of hydrogen-bond donors (Lipinski definition) is 4. The van der Waals surface area contributed by atoms with Crippen molar-refractivity contribution < 1.29 is 19.1 Å². The Kier molecular flexibility index (Phi) is 6.72. The first-order valence-corrected chi connectivity index (χ1v) is 10.1. The van der Waals surface area contributed by atoms with Gasteiger partial charge < -0.3 is 31.8 Å². The van der Waals surface area contributed by atoms with E-state index in [-0.39, 0.29) is 29.1 Å². The fourth-order valence-electron chi connectivity index (χ4n) is 3.93. The van der Waals surface area contributed by atoms with Gasteiger partial charge in [-0.2, -0.15) is 0 Å². The van der Waals surface area contributed by atoms with E-state index in [1.54, 1.807) is 12.1 Å². The maximum atomic E-state index is 13.1. The molecular weight excluding hydrogens is 412 g/mol. The van der Waals surface area contributed by atoms with E-state index in [0.717, 1.165) is 12.0 Å². The van der Waals surface area contributed by atoms with E-state index in [4.69, 9.17) is 21.6 Å². The van der Waals surface area contributed by atoms with Crippen molar-refractivity contribution >= 4 is 35.3 Å². The van der Waals surface area contributed by atoms with Crippen LogP contribution in [-0.4, -0.2) is 47.5 Å². The van der Waals surface area contributed by atoms with Crippen LogP contribution in [0.2, 0.25) is 0 Å². The predicted molar refractivity (Wildman–Crippen MR) is 120 cm³/mol. The Bertz CT molecular complexity index is 1070. The van der Waals surface area contributed by atoms with Crippen molar-refractivity contribution in [2.75, 3.05) is 24.7 Å². The minimum atomic E-state index is -0.869. The van der Waals surface area contributed by atoms with Crippen molar-refractivity contribution in [2.45, 2.75) is 25.8 Å². The first-order valence-electron chi connectivity index (χ1n) is 10.1. The Balaban J connectivity index is 1.88. The molecule has 0 bridgehead atoms. The van der Waals surface area contributed by atoms with Crippen molar-refractivity contribution in [1.82, 2.24) is 9.88 Å². The highest BCUT2D eigenvalue weighted by Gasteiger charge is 2.35. The molecule has 0 radical (unpaired) electrons. The number of pyridine rings is 1. The molecular formula is C22H26N6O4. The lowest BCUT2D eigenvalue weighted by Gasteiger charge is -2.39. The molecule has 3 rings (SSSR count). The van der Waals surface area contributed by atoms with Gasteiger partial charge in [0, 0.05) is 24.0 Å². The standard InChI is InChI=1S/C22H26N6O4/c1-12-6-7-18(14-4-3-5-17(24)16(14)9-23)28(11-12)22(31)20(30)27-13-8-15(19(25)29)21(32-2)26-10-13/h3-5,8-10,12,18,23H,6-7,11,24H2,1-2H3,(H2,25,29)(H,27,30)/t12-,18+/m1/s1. The third-order valence-corrected chi connectivity index (χ3v) is 5.52. The molecule has 1 aromatic carbocycles. The number of primary amides is 1. The van der Waals surface area contributed by atoms with E-state index >= 15 is 0 Å². The van der Waals surface area contributed by atoms with Gasteiger partial charge in [-0.1, -0.05) is 19.1 Å². The normalized spacial score (nSPS) is 18.0. The number of likely N-dealkylation sites (tertiary alicyclic amines) is 1. The van der Waals surface area contributed by atoms with Gasteiger partial charge >= 0.3 is 11.8 Å². The quantitative estimate of drug-likeness (QED) is 0.315. The molecule has 0 spiro atoms. The van der Waals surface area contributed by atoms with E-state index in [0.29, 0.717) is 24.2 Å². The third-order valence-electron chi connectivity index (χ3n) is 5.52. The Morgan fingerprint density at radius 3 is 2.72 bits per heavy atom. The topological polar surface area (TPSA) is 164 Å². The van der Waals surface area contributed by atoms with Crippen LogP contribution in [0.3, 0.4) is 0 Å². The molecule has 2 atom stereocenters. The molecule has 1 aliphatic heterocycles. The van der Waals surface area contributed by atoms with Crippen molar-refractivity contribution in [2.24, 2.45) is 11.7 Å². The number of ether oxygens (including phenoxy) is 1. The summed E-state index contributed by atoms with van der Waals surface area (Å²) in [6.45, 7) is 2.40. The summed E-state index contributed by atoms with van der Waals surface area (Å²) in [7, 11) is 1.34. The summed E-state index contributed by atoms with van der Waals surface area (Å²) in [4.78, 5) is 43.0. The molecule has 6 N–H and O–H groups in total. The molecule has 2 aromatic rings. The van der Waals surface area contributed by atoms with Crippen LogP contribution in [0.4, 0.5) is 11.4 Å². The number of carbonyl (C=O) groups excluding carboxylic acids is 3. The molecule has 10 heteroatoms. The van der Waals surface area contributed by atoms with Crippen LogP contribution < -0.4 is 21.5 Å². The first kappa shape index (κ1) is 22.7. The number of anilines is 2. The summed E-state index contributed by atoms with van der Waals surface area (Å²) in [5.41, 5.74) is 13.2. The zero-order valence-electron chi connectivity index (χ0n) is 17.9. The van der Waals surface area contributed by atoms with Crippen LogP contribution >= 0.6 is 0 Å². The number of rotatable bonds is 5. The van der Waals surface area contributed by atoms with Crippen molar-refractivity contribution in [3.63, 3.8) is 0 Å². The molecule has 3 amide bonds. The maximum Gasteiger partial charge on any atom is 0.313 e. The van der Waals surface area contributed by atoms with E-state index in [1.165, 1.54) is 30.5 Å². The molecule has 1 aromatic heterocycles. The second kappa shape index (κ2) is 9.46. The number of carbonyl (C=O) groups is 3. The molecule has 168 valence electrons. The Morgan fingerprint density at radius 1 is 1.31 bits per heavy atom. The number of nitrogen functional groups attached to an aromatic ring is 1. The summed E-state index contributed by atoms with van der Waals surface area (Å²) in [6, 6.07) is 6.20. The van der Waals surface area contributed by atoms with Crippen LogP contribution in [0.15, 0.2) is 30.5 Å². The highest BCUT2D eigenvalue weighted by molar-refractivity contribution is 6.39. The molecule has 1 saturated heterocycles. The maximum absolute atomic E-state index is 13.1. The van der Waals surface area contributed by atoms with Crippen molar-refractivity contribution in [3.05, 3.63) is 47.2 Å². The van der Waals surface area contributed by atoms with E-state index in [1.807, 2.05) is 13.0 Å². The fourth-order valence-corrected chi connectivity index (χ4v) is 3.93. The van der Waals surface area contributed by atoms with Gasteiger partial charge in [-0.05, 0) is 36.5 Å². The summed E-state index contributed by atoms with van der Waals surface area (Å²) in [6.07, 6.45) is 3.95. The number of hydrogen-bond acceptors (Lipinski definition) is 7. The summed E-state index contributed by atoms with van der Waals surface area (Å²) < 4.78 is 4.99. The first-order chi connectivity index (χ1) is 15.3. The van der Waals surface area contributed by atoms with E-state index in [2.05, 4.69) is 10.3 Å². The number of amides is 3. The molecule has 0 saturated carbocycles. The van der Waals surface area contributed by atoms with Gasteiger partial charge in [-0.3, -0.25) is 14.4 Å². The molecule has 1 fully saturated rings. The predicted octanol–water partition coefficient (Wildman–Crippen LogP) is 1.71. The average Bonchev–Trinajstić information content (AvgIpc) is 2.78. The number of nitrogens with one attached hydrogen (secondary N) is 2. The number of nitrogens with two attached hydrogens (primary N) is 2. The molecule has 0 aliphatic carbocycles. The minimum Gasteiger partial charge on any atom is -0.480 e. The van der Waals surface area contributed by atoms with Gasteiger partial charge in [-0.15, -0.1) is 0 Å². The zero-order chi connectivity index (χ0) is 23.4. The number of piperidine rings is 1. The molecule has 2 heterocycles. The summed E-state index contributed by atoms with van der Waals surface area (Å²) in [5, 5.41) is 10.2. The van der Waals surface area contributed by atoms with Crippen LogP contribution in [-0.2, 0) is 9.59 Å². The number of nitrogens with zero attached hydrogens (tertiary/aromatic N) is 2. The Morgan fingerprint density at radius 2 is 2.06 bits per heavy atom. The molecule has 32 heavy (non-hydrogen) atoms. The zero-order valence-corrected chi connectivity index (χ0v) is 17.9. The van der Waals surface area contributed by atoms with Gasteiger partial charge in [0.05, 0.1) is 25.0 Å². The van der Waals surface area contributed by atoms with E-state index < -0.39 is 17.7 Å². The van der Waals surface area contributed by atoms with Gasteiger partial charge in [0.25, 0.3) is 5.91 Å². The number of aromatic nitrogens is 1. The van der Waals surface area contributed by atoms with Crippen LogP contribution in [0.1, 0.15) is 47.3 Å². The summed E-state index contributed by atoms with van der Waals surface area (Å²) >= 11 is 0. The number of benzene rings is 1. The largest absolute Gasteiger partial charge is 0.480 e. The second-order valence-corrected chi connectivity index (χ2v) is 7.75. The SMILES string of the molecule is COc1ncc(NC(=O)C(=O)N2C[C@H](C)CC[C@H]2c2cccc(N)c2C=N)cc1C(N)=O. The monoisotopic (exact) mass is 438 g/mol. The van der Waals surface area contributed by atoms with Gasteiger partial charge in [0.1, 0.15) is 5.56 Å². The lowest BCUT2D eigenvalue weighted by Crippen LogP contribution is -2.46. The second-order valence-electron chi connectivity index (χ2n) is 7.75. The Hall–Kier alpha value is -3.95. The lowest BCUT2D eigenvalue weighted by atomic mass is 9.87. The van der Waals surface area contributed by atoms with Crippen LogP contribution in [0.25, 0.3) is 0 Å². The smallest absolute Gasteiger partial charge is 0.313 e. The van der Waals surface area contributed by atoms with Crippen molar-refractivity contribution in [3.8, 4) is 5.88 Å². The van der Waals surface area contributed by atoms with Crippen molar-refractivity contribution in [1.29, 1.82) is 5.41 Å². The fraction of sp³-hybridized carbons (Fsp3) is 0.318. The van der Waals surface area contributed by atoms with Crippen LogP contribution in [0, 0.1) is 11.3 Å². The highest BCUT2D eigenvalue weighted by Crippen LogP contribution is 2.36. The molecule has 1 aliphatic rings. The van der Waals surface area contributed by atoms with Gasteiger partial charge in [-0.25, -0.2) is 4.98 Å². The molecule has 10 nitrogen and oxygen atoms in total. The summed E-state index contributed by atoms with van der Waals surface area (Å²) in [5.74, 6) is -2.14. The Labute approximate surface area is 185 Å². The van der Waals surface area contributed by atoms with Gasteiger partial charge in [0.2, 0.25) is 5.88 Å². The lowest BCUT2D eigenvalue weighted by molar-refractivity contribution is -0.146. The average molecular weight is 438 g/mol. The third kappa shape index (κ3) is 4.53. The molecule has 0 unspecified atom stereocenters. The van der Waals surface area contributed by atoms with E-state index in [9.17, 15) is 14.4 Å². The van der Waals surface area contributed by atoms with Gasteiger partial charge in [0.15, 0.2) is 0 Å². The number of methoxy groups -OCH3 is 1. The van der Waals surface area contributed by atoms with Crippen LogP contribution in [0.5, 0.6) is 5.88 Å². The minimum absolute atomic E-state index is 0.0161. The highest BCUT2D eigenvalue weighted by atomic mass is 16.5.